The minimum atomic E-state index is -7.52. The zero-order valence-corrected chi connectivity index (χ0v) is 15.3. The van der Waals surface area contributed by atoms with E-state index < -0.39 is 67.8 Å². The third kappa shape index (κ3) is 5.25. The van der Waals surface area contributed by atoms with E-state index in [1.54, 1.807) is 6.92 Å². The molecule has 0 radical (unpaired) electrons. The molecular weight excluding hydrogens is 436 g/mol. The third-order valence-corrected chi connectivity index (χ3v) is 4.34. The molecule has 0 spiro atoms. The standard InChI is InChI=1S/C16H22F12O/c1-2-3-4-5-6-8-11(17,18)13(21,22)15(25,26)16(27,28)14(23,24)12(19,20)9-7-10-29/h29H,2-10H2,1H3. The Balaban J connectivity index is 5.77. The van der Waals surface area contributed by atoms with Crippen LogP contribution in [0.15, 0.2) is 0 Å². The van der Waals surface area contributed by atoms with E-state index in [4.69, 9.17) is 5.11 Å². The van der Waals surface area contributed by atoms with Gasteiger partial charge in [-0.2, -0.15) is 52.7 Å². The van der Waals surface area contributed by atoms with Gasteiger partial charge >= 0.3 is 35.5 Å². The second kappa shape index (κ2) is 9.51. The first kappa shape index (κ1) is 28.1. The number of aliphatic hydroxyl groups is 1. The predicted molar refractivity (Wildman–Crippen MR) is 79.4 cm³/mol. The molecule has 0 bridgehead atoms. The molecule has 0 rings (SSSR count). The molecule has 1 nitrogen and oxygen atoms in total. The fraction of sp³-hybridized carbons (Fsp3) is 1.00. The zero-order valence-electron chi connectivity index (χ0n) is 15.3. The summed E-state index contributed by atoms with van der Waals surface area (Å²) < 4.78 is 162. The third-order valence-electron chi connectivity index (χ3n) is 4.34. The lowest BCUT2D eigenvalue weighted by Gasteiger charge is -2.41. The van der Waals surface area contributed by atoms with Gasteiger partial charge in [-0.1, -0.05) is 32.6 Å². The van der Waals surface area contributed by atoms with Crippen LogP contribution in [-0.2, 0) is 0 Å². The van der Waals surface area contributed by atoms with Crippen LogP contribution >= 0.6 is 0 Å². The minimum Gasteiger partial charge on any atom is -0.396 e. The molecule has 0 aromatic rings. The largest absolute Gasteiger partial charge is 0.396 e. The normalized spacial score (nSPS) is 15.1. The fourth-order valence-electron chi connectivity index (χ4n) is 2.42. The molecule has 0 saturated carbocycles. The van der Waals surface area contributed by atoms with Crippen LogP contribution in [0.3, 0.4) is 0 Å². The van der Waals surface area contributed by atoms with E-state index in [0.717, 1.165) is 0 Å². The number of aliphatic hydroxyl groups excluding tert-OH is 1. The highest BCUT2D eigenvalue weighted by molar-refractivity contribution is 5.11. The van der Waals surface area contributed by atoms with Crippen molar-refractivity contribution in [2.45, 2.75) is 93.8 Å². The molecule has 0 aliphatic carbocycles. The van der Waals surface area contributed by atoms with Gasteiger partial charge in [0.05, 0.1) is 0 Å². The summed E-state index contributed by atoms with van der Waals surface area (Å²) in [5.74, 6) is -41.0. The summed E-state index contributed by atoms with van der Waals surface area (Å²) in [5.41, 5.74) is 0. The lowest BCUT2D eigenvalue weighted by Crippen LogP contribution is -2.70. The summed E-state index contributed by atoms with van der Waals surface area (Å²) in [7, 11) is 0. The first-order chi connectivity index (χ1) is 12.9. The van der Waals surface area contributed by atoms with Crippen LogP contribution < -0.4 is 0 Å². The van der Waals surface area contributed by atoms with Gasteiger partial charge < -0.3 is 5.11 Å². The highest BCUT2D eigenvalue weighted by Crippen LogP contribution is 2.61. The van der Waals surface area contributed by atoms with Crippen LogP contribution in [0, 0.1) is 0 Å². The molecular formula is C16H22F12O. The monoisotopic (exact) mass is 458 g/mol. The predicted octanol–water partition coefficient (Wildman–Crippen LogP) is 6.93. The van der Waals surface area contributed by atoms with Crippen LogP contribution in [0.25, 0.3) is 0 Å². The van der Waals surface area contributed by atoms with Gasteiger partial charge in [0.15, 0.2) is 0 Å². The van der Waals surface area contributed by atoms with Crippen LogP contribution in [0.4, 0.5) is 52.7 Å². The highest BCUT2D eigenvalue weighted by Gasteiger charge is 2.89. The van der Waals surface area contributed by atoms with Gasteiger partial charge in [0.25, 0.3) is 0 Å². The Morgan fingerprint density at radius 1 is 0.483 bits per heavy atom. The highest BCUT2D eigenvalue weighted by atomic mass is 19.4. The van der Waals surface area contributed by atoms with Crippen molar-refractivity contribution in [2.24, 2.45) is 0 Å². The van der Waals surface area contributed by atoms with Gasteiger partial charge in [-0.15, -0.1) is 0 Å². The molecule has 0 aromatic heterocycles. The lowest BCUT2D eigenvalue weighted by molar-refractivity contribution is -0.425. The number of alkyl halides is 12. The van der Waals surface area contributed by atoms with Gasteiger partial charge in [-0.3, -0.25) is 0 Å². The molecule has 0 heterocycles. The number of halogens is 12. The second-order valence-corrected chi connectivity index (χ2v) is 6.70. The van der Waals surface area contributed by atoms with Crippen molar-refractivity contribution in [1.29, 1.82) is 0 Å². The molecule has 0 amide bonds. The van der Waals surface area contributed by atoms with Crippen molar-refractivity contribution in [3.8, 4) is 0 Å². The quantitative estimate of drug-likeness (QED) is 0.221. The van der Waals surface area contributed by atoms with E-state index in [1.165, 1.54) is 0 Å². The van der Waals surface area contributed by atoms with Crippen molar-refractivity contribution in [3.63, 3.8) is 0 Å². The van der Waals surface area contributed by atoms with Crippen molar-refractivity contribution >= 4 is 0 Å². The van der Waals surface area contributed by atoms with E-state index >= 15 is 0 Å². The number of rotatable bonds is 14. The molecule has 29 heavy (non-hydrogen) atoms. The van der Waals surface area contributed by atoms with E-state index in [-0.39, 0.29) is 12.8 Å². The average Bonchev–Trinajstić information content (AvgIpc) is 2.58. The molecule has 0 saturated heterocycles. The van der Waals surface area contributed by atoms with Crippen LogP contribution in [-0.4, -0.2) is 47.2 Å². The minimum absolute atomic E-state index is 0.142. The van der Waals surface area contributed by atoms with Gasteiger partial charge in [0, 0.05) is 19.4 Å². The Labute approximate surface area is 159 Å². The lowest BCUT2D eigenvalue weighted by atomic mass is 9.88. The van der Waals surface area contributed by atoms with Gasteiger partial charge in [-0.05, 0) is 12.8 Å². The fourth-order valence-corrected chi connectivity index (χ4v) is 2.42. The zero-order chi connectivity index (χ0) is 23.4. The molecule has 0 fully saturated rings. The SMILES string of the molecule is CCCCCCCC(F)(F)C(F)(F)C(F)(F)C(F)(F)C(F)(F)C(F)(F)CCCO. The smallest absolute Gasteiger partial charge is 0.384 e. The molecule has 0 aliphatic rings. The Hall–Kier alpha value is -0.880. The molecule has 0 atom stereocenters. The van der Waals surface area contributed by atoms with Crippen molar-refractivity contribution in [3.05, 3.63) is 0 Å². The maximum atomic E-state index is 13.6. The van der Waals surface area contributed by atoms with Crippen molar-refractivity contribution < 1.29 is 57.8 Å². The van der Waals surface area contributed by atoms with Crippen LogP contribution in [0.1, 0.15) is 58.3 Å². The van der Waals surface area contributed by atoms with E-state index in [0.29, 0.717) is 12.8 Å². The Morgan fingerprint density at radius 3 is 1.17 bits per heavy atom. The summed E-state index contributed by atoms with van der Waals surface area (Å²) in [6.45, 7) is 0.488. The van der Waals surface area contributed by atoms with E-state index in [1.807, 2.05) is 0 Å². The summed E-state index contributed by atoms with van der Waals surface area (Å²) in [5, 5.41) is 8.30. The first-order valence-electron chi connectivity index (χ1n) is 8.75. The molecule has 13 heteroatoms. The number of hydrogen-bond donors (Lipinski definition) is 1. The van der Waals surface area contributed by atoms with Crippen LogP contribution in [0.2, 0.25) is 0 Å². The van der Waals surface area contributed by atoms with Crippen molar-refractivity contribution in [1.82, 2.24) is 0 Å². The molecule has 0 unspecified atom stereocenters. The van der Waals surface area contributed by atoms with Gasteiger partial charge in [-0.25, -0.2) is 0 Å². The molecule has 0 aliphatic heterocycles. The molecule has 0 aromatic carbocycles. The summed E-state index contributed by atoms with van der Waals surface area (Å²) >= 11 is 0. The topological polar surface area (TPSA) is 20.2 Å². The maximum absolute atomic E-state index is 13.6. The summed E-state index contributed by atoms with van der Waals surface area (Å²) in [6, 6.07) is 0. The number of hydrogen-bond acceptors (Lipinski definition) is 1. The van der Waals surface area contributed by atoms with Gasteiger partial charge in [0.2, 0.25) is 0 Å². The average molecular weight is 458 g/mol. The van der Waals surface area contributed by atoms with E-state index in [9.17, 15) is 52.7 Å². The Kier molecular flexibility index (Phi) is 9.22. The first-order valence-corrected chi connectivity index (χ1v) is 8.75. The van der Waals surface area contributed by atoms with E-state index in [2.05, 4.69) is 0 Å². The Morgan fingerprint density at radius 2 is 0.828 bits per heavy atom. The second-order valence-electron chi connectivity index (χ2n) is 6.70. The Bertz CT molecular complexity index is 504. The van der Waals surface area contributed by atoms with Gasteiger partial charge in [0.1, 0.15) is 0 Å². The summed E-state index contributed by atoms with van der Waals surface area (Å²) in [4.78, 5) is 0. The van der Waals surface area contributed by atoms with Crippen LogP contribution in [0.5, 0.6) is 0 Å². The maximum Gasteiger partial charge on any atom is 0.384 e. The molecule has 176 valence electrons. The number of unbranched alkanes of at least 4 members (excludes halogenated alkanes) is 4. The van der Waals surface area contributed by atoms with Crippen molar-refractivity contribution in [2.75, 3.05) is 6.61 Å². The molecule has 1 N–H and O–H groups in total. The summed E-state index contributed by atoms with van der Waals surface area (Å²) in [6.07, 6.45) is -5.14.